The Morgan fingerprint density at radius 2 is 1.68 bits per heavy atom. The standard InChI is InChI=1S/C16H10Cl2N2OS/c17-11-6-8-12(9-7-11)19-15(21)14-13(20-16(18)22-14)10-4-2-1-3-5-10/h1-9H,(H,19,21). The van der Waals surface area contributed by atoms with Gasteiger partial charge in [-0.05, 0) is 24.3 Å². The first kappa shape index (κ1) is 15.0. The number of anilines is 1. The van der Waals surface area contributed by atoms with Gasteiger partial charge in [0.1, 0.15) is 4.88 Å². The summed E-state index contributed by atoms with van der Waals surface area (Å²) in [5, 5.41) is 3.44. The number of carbonyl (C=O) groups is 1. The van der Waals surface area contributed by atoms with Crippen LogP contribution in [0.1, 0.15) is 9.67 Å². The summed E-state index contributed by atoms with van der Waals surface area (Å²) >= 11 is 13.0. The average molecular weight is 349 g/mol. The molecule has 0 saturated heterocycles. The van der Waals surface area contributed by atoms with Crippen LogP contribution in [-0.4, -0.2) is 10.9 Å². The Hall–Kier alpha value is -1.88. The Morgan fingerprint density at radius 1 is 1.00 bits per heavy atom. The van der Waals surface area contributed by atoms with E-state index in [1.165, 1.54) is 0 Å². The minimum atomic E-state index is -0.245. The second-order valence-electron chi connectivity index (χ2n) is 4.47. The lowest BCUT2D eigenvalue weighted by Crippen LogP contribution is -2.11. The van der Waals surface area contributed by atoms with Gasteiger partial charge in [-0.1, -0.05) is 64.9 Å². The van der Waals surface area contributed by atoms with E-state index in [0.29, 0.717) is 25.7 Å². The molecule has 2 aromatic carbocycles. The molecule has 22 heavy (non-hydrogen) atoms. The Kier molecular flexibility index (Phi) is 4.43. The van der Waals surface area contributed by atoms with Crippen LogP contribution in [0.15, 0.2) is 54.6 Å². The molecule has 3 rings (SSSR count). The maximum absolute atomic E-state index is 12.5. The quantitative estimate of drug-likeness (QED) is 0.691. The number of hydrogen-bond acceptors (Lipinski definition) is 3. The molecule has 0 saturated carbocycles. The molecule has 0 radical (unpaired) electrons. The minimum absolute atomic E-state index is 0.245. The zero-order valence-corrected chi connectivity index (χ0v) is 13.5. The van der Waals surface area contributed by atoms with Crippen molar-refractivity contribution in [1.29, 1.82) is 0 Å². The predicted molar refractivity (Wildman–Crippen MR) is 92.0 cm³/mol. The number of hydrogen-bond donors (Lipinski definition) is 1. The topological polar surface area (TPSA) is 42.0 Å². The number of amides is 1. The van der Waals surface area contributed by atoms with Crippen molar-refractivity contribution in [2.45, 2.75) is 0 Å². The van der Waals surface area contributed by atoms with Crippen molar-refractivity contribution >= 4 is 46.1 Å². The second-order valence-corrected chi connectivity index (χ2v) is 6.49. The summed E-state index contributed by atoms with van der Waals surface area (Å²) in [6, 6.07) is 16.4. The fourth-order valence-electron chi connectivity index (χ4n) is 1.96. The van der Waals surface area contributed by atoms with Gasteiger partial charge in [-0.15, -0.1) is 0 Å². The van der Waals surface area contributed by atoms with Crippen LogP contribution in [0.25, 0.3) is 11.3 Å². The number of carbonyl (C=O) groups excluding carboxylic acids is 1. The van der Waals surface area contributed by atoms with Crippen LogP contribution in [0.3, 0.4) is 0 Å². The number of nitrogens with one attached hydrogen (secondary N) is 1. The number of aromatic nitrogens is 1. The maximum Gasteiger partial charge on any atom is 0.268 e. The van der Waals surface area contributed by atoms with Crippen molar-refractivity contribution in [3.05, 3.63) is 69.0 Å². The Labute approximate surface area is 141 Å². The van der Waals surface area contributed by atoms with E-state index >= 15 is 0 Å². The third kappa shape index (κ3) is 3.30. The summed E-state index contributed by atoms with van der Waals surface area (Å²) < 4.78 is 0.333. The first-order chi connectivity index (χ1) is 10.6. The van der Waals surface area contributed by atoms with Gasteiger partial charge in [0.2, 0.25) is 0 Å². The first-order valence-corrected chi connectivity index (χ1v) is 7.99. The van der Waals surface area contributed by atoms with Crippen LogP contribution in [0, 0.1) is 0 Å². The van der Waals surface area contributed by atoms with Gasteiger partial charge in [-0.3, -0.25) is 4.79 Å². The SMILES string of the molecule is O=C(Nc1ccc(Cl)cc1)c1sc(Cl)nc1-c1ccccc1. The minimum Gasteiger partial charge on any atom is -0.321 e. The van der Waals surface area contributed by atoms with E-state index in [9.17, 15) is 4.79 Å². The van der Waals surface area contributed by atoms with Crippen molar-refractivity contribution in [2.24, 2.45) is 0 Å². The molecule has 0 bridgehead atoms. The van der Waals surface area contributed by atoms with E-state index in [2.05, 4.69) is 10.3 Å². The number of thiazole rings is 1. The number of benzene rings is 2. The van der Waals surface area contributed by atoms with Crippen LogP contribution in [0.4, 0.5) is 5.69 Å². The Bertz CT molecular complexity index is 801. The molecule has 0 atom stereocenters. The van der Waals surface area contributed by atoms with Crippen LogP contribution in [-0.2, 0) is 0 Å². The molecule has 1 amide bonds. The molecule has 0 aliphatic carbocycles. The van der Waals surface area contributed by atoms with Crippen LogP contribution in [0.2, 0.25) is 9.49 Å². The van der Waals surface area contributed by atoms with Gasteiger partial charge in [-0.2, -0.15) is 0 Å². The van der Waals surface area contributed by atoms with E-state index < -0.39 is 0 Å². The molecule has 0 spiro atoms. The molecule has 1 aromatic heterocycles. The van der Waals surface area contributed by atoms with Gasteiger partial charge in [0.05, 0.1) is 5.69 Å². The summed E-state index contributed by atoms with van der Waals surface area (Å²) in [6.07, 6.45) is 0. The molecule has 1 N–H and O–H groups in total. The van der Waals surface area contributed by atoms with Gasteiger partial charge in [0.15, 0.2) is 4.47 Å². The van der Waals surface area contributed by atoms with Crippen molar-refractivity contribution < 1.29 is 4.79 Å². The monoisotopic (exact) mass is 348 g/mol. The molecule has 0 aliphatic rings. The van der Waals surface area contributed by atoms with E-state index in [0.717, 1.165) is 16.9 Å². The summed E-state index contributed by atoms with van der Waals surface area (Å²) in [6.45, 7) is 0. The molecular weight excluding hydrogens is 339 g/mol. The number of nitrogens with zero attached hydrogens (tertiary/aromatic N) is 1. The van der Waals surface area contributed by atoms with Crippen molar-refractivity contribution in [2.75, 3.05) is 5.32 Å². The highest BCUT2D eigenvalue weighted by Gasteiger charge is 2.19. The van der Waals surface area contributed by atoms with Gasteiger partial charge >= 0.3 is 0 Å². The third-order valence-electron chi connectivity index (χ3n) is 2.96. The van der Waals surface area contributed by atoms with Crippen LogP contribution >= 0.6 is 34.5 Å². The zero-order valence-electron chi connectivity index (χ0n) is 11.2. The number of halogens is 2. The lowest BCUT2D eigenvalue weighted by Gasteiger charge is -2.05. The second kappa shape index (κ2) is 6.48. The molecule has 3 nitrogen and oxygen atoms in total. The highest BCUT2D eigenvalue weighted by Crippen LogP contribution is 2.31. The van der Waals surface area contributed by atoms with Crippen molar-refractivity contribution in [1.82, 2.24) is 4.98 Å². The van der Waals surface area contributed by atoms with Gasteiger partial charge in [0, 0.05) is 16.3 Å². The zero-order chi connectivity index (χ0) is 15.5. The molecule has 0 fully saturated rings. The van der Waals surface area contributed by atoms with Crippen molar-refractivity contribution in [3.63, 3.8) is 0 Å². The lowest BCUT2D eigenvalue weighted by atomic mass is 10.1. The van der Waals surface area contributed by atoms with E-state index in [4.69, 9.17) is 23.2 Å². The molecule has 1 heterocycles. The third-order valence-corrected chi connectivity index (χ3v) is 4.37. The number of rotatable bonds is 3. The van der Waals surface area contributed by atoms with Crippen LogP contribution < -0.4 is 5.32 Å². The summed E-state index contributed by atoms with van der Waals surface area (Å²) in [7, 11) is 0. The largest absolute Gasteiger partial charge is 0.321 e. The highest BCUT2D eigenvalue weighted by atomic mass is 35.5. The molecular formula is C16H10Cl2N2OS. The van der Waals surface area contributed by atoms with Gasteiger partial charge in [0.25, 0.3) is 5.91 Å². The summed E-state index contributed by atoms with van der Waals surface area (Å²) in [5.41, 5.74) is 2.10. The molecule has 3 aromatic rings. The van der Waals surface area contributed by atoms with Gasteiger partial charge in [-0.25, -0.2) is 4.98 Å². The van der Waals surface area contributed by atoms with E-state index in [1.807, 2.05) is 30.3 Å². The summed E-state index contributed by atoms with van der Waals surface area (Å²) in [4.78, 5) is 17.2. The Morgan fingerprint density at radius 3 is 2.36 bits per heavy atom. The van der Waals surface area contributed by atoms with Gasteiger partial charge < -0.3 is 5.32 Å². The fourth-order valence-corrected chi connectivity index (χ4v) is 3.11. The molecule has 6 heteroatoms. The van der Waals surface area contributed by atoms with Crippen LogP contribution in [0.5, 0.6) is 0 Å². The molecule has 0 unspecified atom stereocenters. The highest BCUT2D eigenvalue weighted by molar-refractivity contribution is 7.18. The van der Waals surface area contributed by atoms with Crippen molar-refractivity contribution in [3.8, 4) is 11.3 Å². The van der Waals surface area contributed by atoms with E-state index in [1.54, 1.807) is 24.3 Å². The average Bonchev–Trinajstić information content (AvgIpc) is 2.92. The lowest BCUT2D eigenvalue weighted by molar-refractivity contribution is 0.103. The maximum atomic E-state index is 12.5. The van der Waals surface area contributed by atoms with E-state index in [-0.39, 0.29) is 5.91 Å². The smallest absolute Gasteiger partial charge is 0.268 e. The first-order valence-electron chi connectivity index (χ1n) is 6.42. The predicted octanol–water partition coefficient (Wildman–Crippen LogP) is 5.37. The normalized spacial score (nSPS) is 10.5. The molecule has 110 valence electrons. The summed E-state index contributed by atoms with van der Waals surface area (Å²) in [5.74, 6) is -0.245. The fraction of sp³-hybridized carbons (Fsp3) is 0. The molecule has 0 aliphatic heterocycles. The Balaban J connectivity index is 1.91.